The number of aryl methyl sites for hydroxylation is 2. The van der Waals surface area contributed by atoms with Crippen LogP contribution in [0.1, 0.15) is 70.7 Å². The van der Waals surface area contributed by atoms with Gasteiger partial charge in [-0.15, -0.1) is 0 Å². The van der Waals surface area contributed by atoms with Gasteiger partial charge in [0.05, 0.1) is 45.8 Å². The lowest BCUT2D eigenvalue weighted by Crippen LogP contribution is -2.07. The number of hydrogen-bond acceptors (Lipinski definition) is 11. The van der Waals surface area contributed by atoms with Gasteiger partial charge in [-0.2, -0.15) is 0 Å². The molecule has 13 heteroatoms. The summed E-state index contributed by atoms with van der Waals surface area (Å²) in [6.07, 6.45) is 5.68. The van der Waals surface area contributed by atoms with Gasteiger partial charge in [-0.05, 0) is 179 Å². The third-order valence-electron chi connectivity index (χ3n) is 12.3. The fourth-order valence-corrected chi connectivity index (χ4v) is 8.55. The number of aromatic nitrogens is 2. The Morgan fingerprint density at radius 3 is 1.38 bits per heavy atom. The summed E-state index contributed by atoms with van der Waals surface area (Å²) in [6.45, 7) is 5.32. The molecule has 76 heavy (non-hydrogen) atoms. The van der Waals surface area contributed by atoms with Gasteiger partial charge >= 0.3 is 17.9 Å². The molecule has 0 aliphatic carbocycles. The number of phenolic OH excluding ortho intramolecular Hbond substituents is 1. The van der Waals surface area contributed by atoms with Gasteiger partial charge in [-0.3, -0.25) is 9.59 Å². The van der Waals surface area contributed by atoms with E-state index in [0.717, 1.165) is 105 Å². The lowest BCUT2D eigenvalue weighted by Gasteiger charge is -2.14. The lowest BCUT2D eigenvalue weighted by molar-refractivity contribution is -0.140. The molecule has 2 aromatic heterocycles. The zero-order valence-electron chi connectivity index (χ0n) is 43.2. The Kier molecular flexibility index (Phi) is 18.5. The zero-order valence-corrected chi connectivity index (χ0v) is 43.2. The standard InChI is InChI=1S/C35H33NO6.C28H29NO5/c1-3-7-26-23-31(41-29-11-13-30(14-12-29)42-35(38)25-8-5-4-6-9-25)15-17-33(26)40-19-18-28-22-27-20-24(21-34(37)39-2)10-16-32(27)36-28;1-3-4-20-18-25(34-24-8-6-23(30)7-9-24)10-12-27(20)33-14-13-22-17-21-15-19(16-28(31)32-2)5-11-26(21)29-22/h4-6,8-17,20,22-23,36H,3,7,18-19,21H2,1-2H3;5-12,15,17-18,29-30H,3-4,13-14,16H2,1-2H3. The third-order valence-corrected chi connectivity index (χ3v) is 12.3. The molecule has 3 N–H and O–H groups in total. The number of methoxy groups -OCH3 is 2. The summed E-state index contributed by atoms with van der Waals surface area (Å²) in [6, 6.07) is 50.3. The number of fused-ring (bicyclic) bond motifs is 2. The van der Waals surface area contributed by atoms with Crippen molar-refractivity contribution in [3.63, 3.8) is 0 Å². The number of ether oxygens (including phenoxy) is 7. The van der Waals surface area contributed by atoms with Gasteiger partial charge in [-0.25, -0.2) is 4.79 Å². The maximum absolute atomic E-state index is 12.3. The Bertz CT molecular complexity index is 3360. The van der Waals surface area contributed by atoms with Crippen LogP contribution in [0.3, 0.4) is 0 Å². The molecular weight excluding hydrogens is 961 g/mol. The first-order chi connectivity index (χ1) is 37.0. The van der Waals surface area contributed by atoms with Crippen LogP contribution in [0, 0.1) is 0 Å². The number of esters is 3. The van der Waals surface area contributed by atoms with E-state index in [1.165, 1.54) is 14.2 Å². The van der Waals surface area contributed by atoms with Crippen LogP contribution in [-0.2, 0) is 57.6 Å². The van der Waals surface area contributed by atoms with Crippen LogP contribution in [0.4, 0.5) is 0 Å². The van der Waals surface area contributed by atoms with Crippen molar-refractivity contribution in [3.8, 4) is 46.0 Å². The van der Waals surface area contributed by atoms with Crippen molar-refractivity contribution >= 4 is 39.7 Å². The Balaban J connectivity index is 0.000000206. The number of aromatic hydroxyl groups is 1. The molecule has 0 saturated carbocycles. The van der Waals surface area contributed by atoms with Crippen molar-refractivity contribution in [2.24, 2.45) is 0 Å². The predicted octanol–water partition coefficient (Wildman–Crippen LogP) is 13.4. The van der Waals surface area contributed by atoms with Crippen LogP contribution >= 0.6 is 0 Å². The summed E-state index contributed by atoms with van der Waals surface area (Å²) in [7, 11) is 2.80. The van der Waals surface area contributed by atoms with Crippen molar-refractivity contribution in [1.29, 1.82) is 0 Å². The van der Waals surface area contributed by atoms with Crippen LogP contribution in [0.2, 0.25) is 0 Å². The minimum absolute atomic E-state index is 0.208. The molecule has 0 aliphatic rings. The van der Waals surface area contributed by atoms with E-state index in [9.17, 15) is 19.5 Å². The number of phenols is 1. The Hall–Kier alpha value is -8.97. The highest BCUT2D eigenvalue weighted by Gasteiger charge is 2.13. The summed E-state index contributed by atoms with van der Waals surface area (Å²) in [5.74, 6) is 4.20. The minimum atomic E-state index is -0.404. The van der Waals surface area contributed by atoms with Crippen molar-refractivity contribution in [3.05, 3.63) is 203 Å². The largest absolute Gasteiger partial charge is 0.508 e. The molecule has 0 aliphatic heterocycles. The number of H-pyrrole nitrogens is 2. The molecule has 0 bridgehead atoms. The number of rotatable bonds is 22. The van der Waals surface area contributed by atoms with Gasteiger partial charge in [0.25, 0.3) is 0 Å². The number of carbonyl (C=O) groups excluding carboxylic acids is 3. The molecule has 0 saturated heterocycles. The predicted molar refractivity (Wildman–Crippen MR) is 293 cm³/mol. The van der Waals surface area contributed by atoms with E-state index in [4.69, 9.17) is 33.2 Å². The van der Waals surface area contributed by atoms with E-state index in [1.807, 2.05) is 78.9 Å². The molecule has 0 spiro atoms. The summed E-state index contributed by atoms with van der Waals surface area (Å²) in [5.41, 5.74) is 8.72. The van der Waals surface area contributed by atoms with E-state index < -0.39 is 5.97 Å². The monoisotopic (exact) mass is 1020 g/mol. The van der Waals surface area contributed by atoms with Gasteiger partial charge in [-0.1, -0.05) is 57.0 Å². The zero-order chi connectivity index (χ0) is 53.2. The quantitative estimate of drug-likeness (QED) is 0.0436. The molecule has 0 atom stereocenters. The first-order valence-electron chi connectivity index (χ1n) is 25.4. The fraction of sp³-hybridized carbons (Fsp3) is 0.222. The van der Waals surface area contributed by atoms with E-state index in [2.05, 4.69) is 35.9 Å². The molecule has 2 heterocycles. The van der Waals surface area contributed by atoms with Gasteiger partial charge < -0.3 is 48.2 Å². The first-order valence-corrected chi connectivity index (χ1v) is 25.4. The normalized spacial score (nSPS) is 10.8. The molecule has 9 aromatic rings. The number of hydrogen-bond donors (Lipinski definition) is 3. The lowest BCUT2D eigenvalue weighted by atomic mass is 10.1. The second-order valence-electron chi connectivity index (χ2n) is 18.1. The SMILES string of the molecule is CCCc1cc(Oc2ccc(O)cc2)ccc1OCCc1cc2cc(CC(=O)OC)ccc2[nH]1.CCCc1cc(Oc2ccc(OC(=O)c3ccccc3)cc2)ccc1OCCc1cc2cc(CC(=O)OC)ccc2[nH]1. The number of aromatic amines is 2. The van der Waals surface area contributed by atoms with Crippen molar-refractivity contribution < 1.29 is 52.6 Å². The van der Waals surface area contributed by atoms with E-state index in [0.29, 0.717) is 48.2 Å². The molecule has 0 unspecified atom stereocenters. The summed E-state index contributed by atoms with van der Waals surface area (Å²) >= 11 is 0. The first kappa shape index (κ1) is 53.3. The Labute approximate surface area is 442 Å². The Morgan fingerprint density at radius 2 is 0.921 bits per heavy atom. The van der Waals surface area contributed by atoms with Crippen LogP contribution in [-0.4, -0.2) is 60.4 Å². The topological polar surface area (TPSA) is 168 Å². The number of benzene rings is 7. The second-order valence-corrected chi connectivity index (χ2v) is 18.1. The summed E-state index contributed by atoms with van der Waals surface area (Å²) in [5, 5.41) is 11.6. The minimum Gasteiger partial charge on any atom is -0.508 e. The van der Waals surface area contributed by atoms with Crippen LogP contribution < -0.4 is 23.7 Å². The van der Waals surface area contributed by atoms with Crippen LogP contribution in [0.15, 0.2) is 164 Å². The maximum atomic E-state index is 12.3. The molecule has 7 aromatic carbocycles. The molecule has 390 valence electrons. The molecule has 0 amide bonds. The highest BCUT2D eigenvalue weighted by atomic mass is 16.5. The van der Waals surface area contributed by atoms with Gasteiger partial charge in [0.2, 0.25) is 0 Å². The van der Waals surface area contributed by atoms with Gasteiger partial charge in [0.1, 0.15) is 46.0 Å². The number of carbonyl (C=O) groups is 3. The second kappa shape index (κ2) is 26.3. The van der Waals surface area contributed by atoms with E-state index >= 15 is 0 Å². The van der Waals surface area contributed by atoms with E-state index in [-0.39, 0.29) is 30.5 Å². The number of nitrogens with one attached hydrogen (secondary N) is 2. The molecule has 13 nitrogen and oxygen atoms in total. The smallest absolute Gasteiger partial charge is 0.343 e. The maximum Gasteiger partial charge on any atom is 0.343 e. The van der Waals surface area contributed by atoms with Gasteiger partial charge in [0.15, 0.2) is 0 Å². The van der Waals surface area contributed by atoms with Gasteiger partial charge in [0, 0.05) is 35.3 Å². The van der Waals surface area contributed by atoms with Crippen LogP contribution in [0.25, 0.3) is 21.8 Å². The molecular formula is C63H62N2O11. The van der Waals surface area contributed by atoms with Crippen molar-refractivity contribution in [1.82, 2.24) is 9.97 Å². The average Bonchev–Trinajstić information content (AvgIpc) is 4.04. The van der Waals surface area contributed by atoms with Crippen molar-refractivity contribution in [2.75, 3.05) is 27.4 Å². The molecule has 0 radical (unpaired) electrons. The molecule has 0 fully saturated rings. The van der Waals surface area contributed by atoms with Crippen LogP contribution in [0.5, 0.6) is 46.0 Å². The summed E-state index contributed by atoms with van der Waals surface area (Å²) in [4.78, 5) is 42.3. The summed E-state index contributed by atoms with van der Waals surface area (Å²) < 4.78 is 39.3. The Morgan fingerprint density at radius 1 is 0.474 bits per heavy atom. The fourth-order valence-electron chi connectivity index (χ4n) is 8.55. The third kappa shape index (κ3) is 15.1. The van der Waals surface area contributed by atoms with E-state index in [1.54, 1.807) is 72.8 Å². The average molecular weight is 1020 g/mol. The van der Waals surface area contributed by atoms with Crippen molar-refractivity contribution in [2.45, 2.75) is 65.2 Å². The highest BCUT2D eigenvalue weighted by Crippen LogP contribution is 2.32. The molecule has 9 rings (SSSR count). The highest BCUT2D eigenvalue weighted by molar-refractivity contribution is 5.91.